The van der Waals surface area contributed by atoms with Gasteiger partial charge in [-0.25, -0.2) is 0 Å². The van der Waals surface area contributed by atoms with Crippen LogP contribution in [0.25, 0.3) is 0 Å². The molecule has 0 saturated carbocycles. The van der Waals surface area contributed by atoms with E-state index in [1.807, 2.05) is 0 Å². The van der Waals surface area contributed by atoms with Crippen LogP contribution in [0.4, 0.5) is 0 Å². The maximum absolute atomic E-state index is 13.6. The number of carbonyl (C=O) groups is 2. The third-order valence-electron chi connectivity index (χ3n) is 12.6. The lowest BCUT2D eigenvalue weighted by molar-refractivity contribution is -0.146. The molecule has 0 rings (SSSR count). The first-order chi connectivity index (χ1) is 27.6. The lowest BCUT2D eigenvalue weighted by atomic mass is 9.96. The second-order valence-corrected chi connectivity index (χ2v) is 18.2. The summed E-state index contributed by atoms with van der Waals surface area (Å²) in [4.78, 5) is 27.9. The molecule has 0 aromatic heterocycles. The van der Waals surface area contributed by atoms with Crippen LogP contribution >= 0.6 is 0 Å². The maximum atomic E-state index is 13.6. The van der Waals surface area contributed by atoms with E-state index < -0.39 is 11.9 Å². The zero-order chi connectivity index (χ0) is 40.8. The van der Waals surface area contributed by atoms with Gasteiger partial charge < -0.3 is 10.0 Å². The zero-order valence-electron chi connectivity index (χ0n) is 38.8. The molecule has 0 aliphatic heterocycles. The zero-order valence-corrected chi connectivity index (χ0v) is 38.8. The molecule has 0 spiro atoms. The highest BCUT2D eigenvalue weighted by Gasteiger charge is 2.24. The molecule has 0 heterocycles. The number of aliphatic carboxylic acids is 1. The fourth-order valence-corrected chi connectivity index (χ4v) is 8.59. The molecule has 1 unspecified atom stereocenters. The summed E-state index contributed by atoms with van der Waals surface area (Å²) < 4.78 is 0. The third kappa shape index (κ3) is 41.1. The summed E-state index contributed by atoms with van der Waals surface area (Å²) in [7, 11) is 0. The highest BCUT2D eigenvalue weighted by atomic mass is 16.4. The summed E-state index contributed by atoms with van der Waals surface area (Å²) in [6, 6.07) is 0. The van der Waals surface area contributed by atoms with Gasteiger partial charge in [-0.2, -0.15) is 0 Å². The lowest BCUT2D eigenvalue weighted by Gasteiger charge is -2.24. The quantitative estimate of drug-likeness (QED) is 0.0625. The van der Waals surface area contributed by atoms with E-state index >= 15 is 0 Å². The van der Waals surface area contributed by atoms with Gasteiger partial charge in [0, 0.05) is 19.5 Å². The Hall–Kier alpha value is -1.06. The van der Waals surface area contributed by atoms with Crippen molar-refractivity contribution in [3.8, 4) is 0 Å². The number of unbranched alkanes of at least 4 members (excludes halogenated alkanes) is 39. The van der Waals surface area contributed by atoms with E-state index in [1.165, 1.54) is 244 Å². The number of hydrogen-bond acceptors (Lipinski definition) is 2. The predicted molar refractivity (Wildman–Crippen MR) is 248 cm³/mol. The molecule has 56 heavy (non-hydrogen) atoms. The Labute approximate surface area is 352 Å². The largest absolute Gasteiger partial charge is 0.481 e. The standard InChI is InChI=1S/C52H103NO3/c1-4-7-10-13-16-19-22-25-28-31-34-37-40-43-46-50(52(55)56)49-51(54)53(47-44-41-38-35-32-29-26-23-20-17-14-11-8-5-2)48-45-42-39-36-33-30-27-24-21-18-15-12-9-6-3/h50H,4-49H2,1-3H3,(H,55,56). The van der Waals surface area contributed by atoms with E-state index in [0.29, 0.717) is 6.42 Å². The molecule has 0 saturated heterocycles. The number of carbonyl (C=O) groups excluding carboxylic acids is 1. The van der Waals surface area contributed by atoms with Crippen LogP contribution in [-0.2, 0) is 9.59 Å². The minimum absolute atomic E-state index is 0.0900. The molecule has 1 atom stereocenters. The molecule has 1 amide bonds. The molecule has 0 radical (unpaired) electrons. The fraction of sp³-hybridized carbons (Fsp3) is 0.962. The summed E-state index contributed by atoms with van der Waals surface area (Å²) >= 11 is 0. The summed E-state index contributed by atoms with van der Waals surface area (Å²) in [6.45, 7) is 8.47. The number of nitrogens with zero attached hydrogens (tertiary/aromatic N) is 1. The molecule has 0 fully saturated rings. The summed E-state index contributed by atoms with van der Waals surface area (Å²) in [5.41, 5.74) is 0. The van der Waals surface area contributed by atoms with Crippen molar-refractivity contribution in [2.75, 3.05) is 13.1 Å². The average molecular weight is 790 g/mol. The summed E-state index contributed by atoms with van der Waals surface area (Å²) in [5.74, 6) is -1.22. The molecule has 0 aromatic rings. The van der Waals surface area contributed by atoms with Crippen LogP contribution < -0.4 is 0 Å². The molecular weight excluding hydrogens is 687 g/mol. The van der Waals surface area contributed by atoms with Crippen molar-refractivity contribution >= 4 is 11.9 Å². The van der Waals surface area contributed by atoms with Gasteiger partial charge in [-0.15, -0.1) is 0 Å². The van der Waals surface area contributed by atoms with Gasteiger partial charge in [0.1, 0.15) is 0 Å². The van der Waals surface area contributed by atoms with Crippen LogP contribution in [0, 0.1) is 5.92 Å². The van der Waals surface area contributed by atoms with E-state index in [4.69, 9.17) is 0 Å². The van der Waals surface area contributed by atoms with E-state index in [-0.39, 0.29) is 12.3 Å². The van der Waals surface area contributed by atoms with Gasteiger partial charge in [0.05, 0.1) is 5.92 Å². The van der Waals surface area contributed by atoms with Gasteiger partial charge in [-0.05, 0) is 19.3 Å². The van der Waals surface area contributed by atoms with Crippen molar-refractivity contribution in [1.82, 2.24) is 4.90 Å². The van der Waals surface area contributed by atoms with Crippen molar-refractivity contribution in [3.05, 3.63) is 0 Å². The molecular formula is C52H103NO3. The highest BCUT2D eigenvalue weighted by Crippen LogP contribution is 2.20. The first-order valence-electron chi connectivity index (χ1n) is 26.1. The normalized spacial score (nSPS) is 12.1. The number of carboxylic acids is 1. The van der Waals surface area contributed by atoms with Crippen molar-refractivity contribution in [1.29, 1.82) is 0 Å². The van der Waals surface area contributed by atoms with Crippen molar-refractivity contribution in [2.45, 2.75) is 303 Å². The van der Waals surface area contributed by atoms with Gasteiger partial charge in [0.2, 0.25) is 5.91 Å². The minimum Gasteiger partial charge on any atom is -0.481 e. The van der Waals surface area contributed by atoms with Crippen LogP contribution in [-0.4, -0.2) is 35.0 Å². The maximum Gasteiger partial charge on any atom is 0.307 e. The minimum atomic E-state index is -0.777. The Bertz CT molecular complexity index is 752. The average Bonchev–Trinajstić information content (AvgIpc) is 3.19. The molecule has 334 valence electrons. The second kappa shape index (κ2) is 46.6. The van der Waals surface area contributed by atoms with Gasteiger partial charge in [-0.1, -0.05) is 278 Å². The smallest absolute Gasteiger partial charge is 0.307 e. The van der Waals surface area contributed by atoms with Gasteiger partial charge in [0.15, 0.2) is 0 Å². The lowest BCUT2D eigenvalue weighted by Crippen LogP contribution is -2.35. The topological polar surface area (TPSA) is 57.6 Å². The molecule has 1 N–H and O–H groups in total. The molecule has 4 nitrogen and oxygen atoms in total. The van der Waals surface area contributed by atoms with Crippen molar-refractivity contribution in [2.24, 2.45) is 5.92 Å². The summed E-state index contributed by atoms with van der Waals surface area (Å²) in [6.07, 6.45) is 56.5. The Morgan fingerprint density at radius 1 is 0.339 bits per heavy atom. The molecule has 0 bridgehead atoms. The molecule has 0 aliphatic carbocycles. The molecule has 4 heteroatoms. The first kappa shape index (κ1) is 54.9. The van der Waals surface area contributed by atoms with Gasteiger partial charge in [0.25, 0.3) is 0 Å². The van der Waals surface area contributed by atoms with E-state index in [1.54, 1.807) is 0 Å². The second-order valence-electron chi connectivity index (χ2n) is 18.2. The number of hydrogen-bond donors (Lipinski definition) is 1. The molecule has 0 aliphatic rings. The Morgan fingerprint density at radius 3 is 0.786 bits per heavy atom. The van der Waals surface area contributed by atoms with Crippen LogP contribution in [0.1, 0.15) is 303 Å². The van der Waals surface area contributed by atoms with Crippen LogP contribution in [0.15, 0.2) is 0 Å². The van der Waals surface area contributed by atoms with Crippen LogP contribution in [0.3, 0.4) is 0 Å². The van der Waals surface area contributed by atoms with E-state index in [2.05, 4.69) is 25.7 Å². The summed E-state index contributed by atoms with van der Waals surface area (Å²) in [5, 5.41) is 10.1. The Morgan fingerprint density at radius 2 is 0.554 bits per heavy atom. The predicted octanol–water partition coefficient (Wildman–Crippen LogP) is 17.7. The SMILES string of the molecule is CCCCCCCCCCCCCCCCC(CC(=O)N(CCCCCCCCCCCCCCCC)CCCCCCCCCCCCCCCC)C(=O)O. The third-order valence-corrected chi connectivity index (χ3v) is 12.6. The Kier molecular flexibility index (Phi) is 45.7. The fourth-order valence-electron chi connectivity index (χ4n) is 8.59. The van der Waals surface area contributed by atoms with Crippen molar-refractivity contribution in [3.63, 3.8) is 0 Å². The van der Waals surface area contributed by atoms with Gasteiger partial charge in [-0.3, -0.25) is 9.59 Å². The van der Waals surface area contributed by atoms with Crippen LogP contribution in [0.2, 0.25) is 0 Å². The number of amides is 1. The van der Waals surface area contributed by atoms with E-state index in [0.717, 1.165) is 38.8 Å². The molecule has 0 aromatic carbocycles. The van der Waals surface area contributed by atoms with Crippen LogP contribution in [0.5, 0.6) is 0 Å². The number of carboxylic acid groups (broad SMARTS) is 1. The van der Waals surface area contributed by atoms with Crippen molar-refractivity contribution < 1.29 is 14.7 Å². The monoisotopic (exact) mass is 790 g/mol. The van der Waals surface area contributed by atoms with E-state index in [9.17, 15) is 14.7 Å². The first-order valence-corrected chi connectivity index (χ1v) is 26.1. The number of rotatable bonds is 48. The highest BCUT2D eigenvalue weighted by molar-refractivity contribution is 5.82. The van der Waals surface area contributed by atoms with Gasteiger partial charge >= 0.3 is 5.97 Å². The Balaban J connectivity index is 4.41.